The van der Waals surface area contributed by atoms with E-state index in [2.05, 4.69) is 61.6 Å². The Hall–Kier alpha value is -1.54. The summed E-state index contributed by atoms with van der Waals surface area (Å²) in [5.41, 5.74) is 1.18. The molecule has 2 rings (SSSR count). The van der Waals surface area contributed by atoms with Crippen molar-refractivity contribution in [2.24, 2.45) is 5.92 Å². The van der Waals surface area contributed by atoms with Crippen LogP contribution >= 0.6 is 0 Å². The molecule has 2 aromatic rings. The Balaban J connectivity index is 2.30. The SMILES string of the molecule is COCC(Nc1cccc2ccccc12)C(C)C. The Bertz CT molecular complexity index is 502. The molecule has 1 atom stereocenters. The molecule has 0 saturated carbocycles. The lowest BCUT2D eigenvalue weighted by atomic mass is 10.0. The fourth-order valence-corrected chi connectivity index (χ4v) is 2.13. The first-order chi connectivity index (χ1) is 8.72. The Labute approximate surface area is 109 Å². The van der Waals surface area contributed by atoms with Gasteiger partial charge in [0.25, 0.3) is 0 Å². The highest BCUT2D eigenvalue weighted by Crippen LogP contribution is 2.24. The van der Waals surface area contributed by atoms with Gasteiger partial charge in [-0.15, -0.1) is 0 Å². The van der Waals surface area contributed by atoms with Crippen LogP contribution in [-0.4, -0.2) is 19.8 Å². The molecule has 2 nitrogen and oxygen atoms in total. The van der Waals surface area contributed by atoms with Gasteiger partial charge in [-0.05, 0) is 17.4 Å². The maximum absolute atomic E-state index is 5.29. The second-order valence-electron chi connectivity index (χ2n) is 4.98. The molecule has 1 N–H and O–H groups in total. The first-order valence-corrected chi connectivity index (χ1v) is 6.45. The normalized spacial score (nSPS) is 12.9. The van der Waals surface area contributed by atoms with E-state index >= 15 is 0 Å². The van der Waals surface area contributed by atoms with Crippen LogP contribution in [0.3, 0.4) is 0 Å². The lowest BCUT2D eigenvalue weighted by Gasteiger charge is -2.23. The van der Waals surface area contributed by atoms with E-state index in [0.29, 0.717) is 12.0 Å². The molecule has 0 bridgehead atoms. The predicted molar refractivity (Wildman–Crippen MR) is 78.1 cm³/mol. The van der Waals surface area contributed by atoms with Crippen LogP contribution in [0.15, 0.2) is 42.5 Å². The lowest BCUT2D eigenvalue weighted by Crippen LogP contribution is -2.30. The number of methoxy groups -OCH3 is 1. The van der Waals surface area contributed by atoms with Crippen molar-refractivity contribution in [2.45, 2.75) is 19.9 Å². The maximum atomic E-state index is 5.29. The third kappa shape index (κ3) is 2.82. The molecule has 2 heteroatoms. The van der Waals surface area contributed by atoms with Gasteiger partial charge in [-0.3, -0.25) is 0 Å². The third-order valence-electron chi connectivity index (χ3n) is 3.28. The Morgan fingerprint density at radius 2 is 1.78 bits per heavy atom. The summed E-state index contributed by atoms with van der Waals surface area (Å²) in [6.07, 6.45) is 0. The smallest absolute Gasteiger partial charge is 0.0666 e. The zero-order valence-electron chi connectivity index (χ0n) is 11.3. The molecule has 0 spiro atoms. The van der Waals surface area contributed by atoms with Gasteiger partial charge >= 0.3 is 0 Å². The fraction of sp³-hybridized carbons (Fsp3) is 0.375. The van der Waals surface area contributed by atoms with Gasteiger partial charge in [-0.1, -0.05) is 50.2 Å². The average Bonchev–Trinajstić information content (AvgIpc) is 2.38. The van der Waals surface area contributed by atoms with Crippen LogP contribution in [0.1, 0.15) is 13.8 Å². The number of benzene rings is 2. The van der Waals surface area contributed by atoms with Gasteiger partial charge in [-0.2, -0.15) is 0 Å². The molecule has 0 aliphatic heterocycles. The first kappa shape index (κ1) is 12.9. The van der Waals surface area contributed by atoms with Gasteiger partial charge in [0, 0.05) is 18.2 Å². The Kier molecular flexibility index (Phi) is 4.21. The largest absolute Gasteiger partial charge is 0.383 e. The molecule has 0 amide bonds. The molecule has 96 valence electrons. The highest BCUT2D eigenvalue weighted by molar-refractivity contribution is 5.93. The first-order valence-electron chi connectivity index (χ1n) is 6.45. The Morgan fingerprint density at radius 1 is 1.06 bits per heavy atom. The van der Waals surface area contributed by atoms with E-state index < -0.39 is 0 Å². The molecule has 2 aromatic carbocycles. The molecule has 18 heavy (non-hydrogen) atoms. The number of fused-ring (bicyclic) bond motifs is 1. The Morgan fingerprint density at radius 3 is 2.50 bits per heavy atom. The minimum absolute atomic E-state index is 0.334. The topological polar surface area (TPSA) is 21.3 Å². The van der Waals surface area contributed by atoms with Crippen molar-refractivity contribution < 1.29 is 4.74 Å². The summed E-state index contributed by atoms with van der Waals surface area (Å²) in [7, 11) is 1.75. The number of nitrogens with one attached hydrogen (secondary N) is 1. The third-order valence-corrected chi connectivity index (χ3v) is 3.28. The van der Waals surface area contributed by atoms with E-state index in [0.717, 1.165) is 6.61 Å². The minimum atomic E-state index is 0.334. The van der Waals surface area contributed by atoms with E-state index in [9.17, 15) is 0 Å². The number of hydrogen-bond acceptors (Lipinski definition) is 2. The highest BCUT2D eigenvalue weighted by Gasteiger charge is 2.13. The van der Waals surface area contributed by atoms with Crippen LogP contribution < -0.4 is 5.32 Å². The maximum Gasteiger partial charge on any atom is 0.0666 e. The van der Waals surface area contributed by atoms with Gasteiger partial charge in [0.15, 0.2) is 0 Å². The van der Waals surface area contributed by atoms with E-state index in [4.69, 9.17) is 4.74 Å². The minimum Gasteiger partial charge on any atom is -0.383 e. The number of hydrogen-bond donors (Lipinski definition) is 1. The second-order valence-corrected chi connectivity index (χ2v) is 4.98. The van der Waals surface area contributed by atoms with Gasteiger partial charge in [-0.25, -0.2) is 0 Å². The van der Waals surface area contributed by atoms with E-state index in [1.807, 2.05) is 0 Å². The summed E-state index contributed by atoms with van der Waals surface area (Å²) >= 11 is 0. The van der Waals surface area contributed by atoms with Crippen LogP contribution in [0.2, 0.25) is 0 Å². The van der Waals surface area contributed by atoms with Gasteiger partial charge < -0.3 is 10.1 Å². The van der Waals surface area contributed by atoms with Crippen LogP contribution in [0.4, 0.5) is 5.69 Å². The van der Waals surface area contributed by atoms with E-state index in [-0.39, 0.29) is 0 Å². The van der Waals surface area contributed by atoms with Crippen molar-refractivity contribution >= 4 is 16.5 Å². The highest BCUT2D eigenvalue weighted by atomic mass is 16.5. The number of ether oxygens (including phenoxy) is 1. The molecule has 0 heterocycles. The summed E-state index contributed by atoms with van der Waals surface area (Å²) in [4.78, 5) is 0. The van der Waals surface area contributed by atoms with Gasteiger partial charge in [0.05, 0.1) is 12.6 Å². The van der Waals surface area contributed by atoms with Crippen molar-refractivity contribution in [3.05, 3.63) is 42.5 Å². The molecule has 0 aliphatic rings. The zero-order valence-corrected chi connectivity index (χ0v) is 11.3. The molecular formula is C16H21NO. The van der Waals surface area contributed by atoms with Crippen molar-refractivity contribution in [3.63, 3.8) is 0 Å². The van der Waals surface area contributed by atoms with Gasteiger partial charge in [0.2, 0.25) is 0 Å². The summed E-state index contributed by atoms with van der Waals surface area (Å²) in [6, 6.07) is 15.1. The second kappa shape index (κ2) is 5.87. The quantitative estimate of drug-likeness (QED) is 0.859. The fourth-order valence-electron chi connectivity index (χ4n) is 2.13. The summed E-state index contributed by atoms with van der Waals surface area (Å²) in [6.45, 7) is 5.14. The van der Waals surface area contributed by atoms with Crippen LogP contribution in [0.25, 0.3) is 10.8 Å². The number of anilines is 1. The molecule has 0 aromatic heterocycles. The lowest BCUT2D eigenvalue weighted by molar-refractivity contribution is 0.171. The average molecular weight is 243 g/mol. The van der Waals surface area contributed by atoms with Crippen molar-refractivity contribution in [1.29, 1.82) is 0 Å². The molecule has 0 aliphatic carbocycles. The predicted octanol–water partition coefficient (Wildman–Crippen LogP) is 3.92. The van der Waals surface area contributed by atoms with Crippen LogP contribution in [-0.2, 0) is 4.74 Å². The number of rotatable bonds is 5. The molecule has 1 unspecified atom stereocenters. The summed E-state index contributed by atoms with van der Waals surface area (Å²) in [5.74, 6) is 0.531. The monoisotopic (exact) mass is 243 g/mol. The van der Waals surface area contributed by atoms with Crippen molar-refractivity contribution in [3.8, 4) is 0 Å². The molecule has 0 saturated heterocycles. The van der Waals surface area contributed by atoms with Gasteiger partial charge in [0.1, 0.15) is 0 Å². The summed E-state index contributed by atoms with van der Waals surface area (Å²) in [5, 5.41) is 6.13. The van der Waals surface area contributed by atoms with Crippen LogP contribution in [0.5, 0.6) is 0 Å². The van der Waals surface area contributed by atoms with Crippen molar-refractivity contribution in [1.82, 2.24) is 0 Å². The van der Waals surface area contributed by atoms with Crippen molar-refractivity contribution in [2.75, 3.05) is 19.0 Å². The van der Waals surface area contributed by atoms with E-state index in [1.54, 1.807) is 7.11 Å². The molecule has 0 fully saturated rings. The summed E-state index contributed by atoms with van der Waals surface area (Å²) < 4.78 is 5.29. The van der Waals surface area contributed by atoms with Crippen LogP contribution in [0, 0.1) is 5.92 Å². The molecular weight excluding hydrogens is 222 g/mol. The standard InChI is InChI=1S/C16H21NO/c1-12(2)16(11-18-3)17-15-10-6-8-13-7-4-5-9-14(13)15/h4-10,12,16-17H,11H2,1-3H3. The zero-order chi connectivity index (χ0) is 13.0. The van der Waals surface area contributed by atoms with E-state index in [1.165, 1.54) is 16.5 Å². The molecule has 0 radical (unpaired) electrons.